The lowest BCUT2D eigenvalue weighted by Crippen LogP contribution is -2.10. The fraction of sp³-hybridized carbons (Fsp3) is 0.167. The van der Waals surface area contributed by atoms with Gasteiger partial charge in [-0.25, -0.2) is 9.78 Å². The number of rotatable bonds is 6. The first-order valence-corrected chi connectivity index (χ1v) is 9.72. The second-order valence-electron chi connectivity index (χ2n) is 5.65. The van der Waals surface area contributed by atoms with Crippen molar-refractivity contribution in [2.75, 3.05) is 36.8 Å². The van der Waals surface area contributed by atoms with Crippen LogP contribution in [0.3, 0.4) is 0 Å². The van der Waals surface area contributed by atoms with E-state index < -0.39 is 6.09 Å². The average Bonchev–Trinajstić information content (AvgIpc) is 3.32. The Balaban J connectivity index is 1.74. The smallest absolute Gasteiger partial charge is 0.412 e. The highest BCUT2D eigenvalue weighted by Gasteiger charge is 2.16. The number of nitrogens with zero attached hydrogens (tertiary/aromatic N) is 3. The molecule has 0 radical (unpaired) electrons. The summed E-state index contributed by atoms with van der Waals surface area (Å²) in [5.74, 6) is 0. The van der Waals surface area contributed by atoms with Gasteiger partial charge < -0.3 is 9.64 Å². The highest BCUT2D eigenvalue weighted by molar-refractivity contribution is 7.21. The van der Waals surface area contributed by atoms with Crippen LogP contribution in [0.2, 0.25) is 0 Å². The Morgan fingerprint density at radius 1 is 1.26 bits per heavy atom. The molecule has 3 aromatic rings. The molecule has 2 N–H and O–H groups in total. The normalized spacial score (nSPS) is 10.8. The van der Waals surface area contributed by atoms with E-state index in [2.05, 4.69) is 25.6 Å². The third-order valence-corrected chi connectivity index (χ3v) is 5.32. The number of aromatic nitrogens is 1. The predicted molar refractivity (Wildman–Crippen MR) is 113 cm³/mol. The van der Waals surface area contributed by atoms with E-state index in [1.165, 1.54) is 18.4 Å². The van der Waals surface area contributed by atoms with E-state index in [4.69, 9.17) is 0 Å². The molecule has 2 aromatic heterocycles. The topological polar surface area (TPSA) is 78.8 Å². The van der Waals surface area contributed by atoms with E-state index >= 15 is 0 Å². The molecule has 140 valence electrons. The molecule has 0 atom stereocenters. The molecule has 27 heavy (non-hydrogen) atoms. The molecule has 0 saturated heterocycles. The minimum Gasteiger partial charge on any atom is -0.453 e. The van der Waals surface area contributed by atoms with Gasteiger partial charge in [0, 0.05) is 19.8 Å². The van der Waals surface area contributed by atoms with Gasteiger partial charge in [0.05, 0.1) is 18.2 Å². The number of hydrazone groups is 1. The van der Waals surface area contributed by atoms with Crippen molar-refractivity contribution < 1.29 is 9.53 Å². The lowest BCUT2D eigenvalue weighted by Gasteiger charge is -2.11. The summed E-state index contributed by atoms with van der Waals surface area (Å²) in [6, 6.07) is 11.9. The molecular weight excluding hydrogens is 382 g/mol. The number of thiophene rings is 1. The molecule has 3 rings (SSSR count). The molecule has 0 unspecified atom stereocenters. The first-order chi connectivity index (χ1) is 13.1. The number of anilines is 3. The third-order valence-electron chi connectivity index (χ3n) is 3.57. The zero-order chi connectivity index (χ0) is 19.2. The van der Waals surface area contributed by atoms with Crippen molar-refractivity contribution in [3.05, 3.63) is 47.3 Å². The van der Waals surface area contributed by atoms with E-state index in [1.807, 2.05) is 60.8 Å². The van der Waals surface area contributed by atoms with Gasteiger partial charge in [-0.15, -0.1) is 11.3 Å². The lowest BCUT2D eigenvalue weighted by molar-refractivity contribution is 0.187. The third kappa shape index (κ3) is 4.83. The molecule has 7 nitrogen and oxygen atoms in total. The molecule has 0 aliphatic rings. The average molecular weight is 402 g/mol. The fourth-order valence-corrected chi connectivity index (χ4v) is 3.80. The van der Waals surface area contributed by atoms with Gasteiger partial charge in [-0.2, -0.15) is 5.10 Å². The van der Waals surface area contributed by atoms with Crippen LogP contribution in [0.25, 0.3) is 10.6 Å². The van der Waals surface area contributed by atoms with Gasteiger partial charge in [-0.3, -0.25) is 10.7 Å². The summed E-state index contributed by atoms with van der Waals surface area (Å²) in [5, 5.41) is 10.1. The van der Waals surface area contributed by atoms with Crippen LogP contribution in [0.1, 0.15) is 5.56 Å². The number of hydrogen-bond donors (Lipinski definition) is 2. The number of carbonyl (C=O) groups excluding carboxylic acids is 1. The molecule has 0 aliphatic heterocycles. The van der Waals surface area contributed by atoms with Gasteiger partial charge in [0.1, 0.15) is 10.7 Å². The van der Waals surface area contributed by atoms with Gasteiger partial charge in [-0.1, -0.05) is 29.5 Å². The monoisotopic (exact) mass is 401 g/mol. The minimum atomic E-state index is -0.535. The second kappa shape index (κ2) is 8.65. The van der Waals surface area contributed by atoms with E-state index in [0.29, 0.717) is 15.8 Å². The van der Waals surface area contributed by atoms with Crippen molar-refractivity contribution in [3.63, 3.8) is 0 Å². The fourth-order valence-electron chi connectivity index (χ4n) is 2.20. The van der Waals surface area contributed by atoms with Crippen LogP contribution in [0, 0.1) is 0 Å². The van der Waals surface area contributed by atoms with Gasteiger partial charge >= 0.3 is 6.09 Å². The van der Waals surface area contributed by atoms with Gasteiger partial charge in [0.25, 0.3) is 0 Å². The van der Waals surface area contributed by atoms with Crippen LogP contribution in [-0.2, 0) is 4.74 Å². The number of hydrogen-bond acceptors (Lipinski definition) is 8. The molecule has 0 spiro atoms. The molecule has 0 bridgehead atoms. The molecule has 1 amide bonds. The maximum Gasteiger partial charge on any atom is 0.412 e. The van der Waals surface area contributed by atoms with Crippen molar-refractivity contribution in [3.8, 4) is 10.6 Å². The summed E-state index contributed by atoms with van der Waals surface area (Å²) < 4.78 is 4.68. The SMILES string of the molecule is COC(=O)Nc1sc(N/N=C\c2ccc(N(C)C)cc2)nc1-c1cccs1. The van der Waals surface area contributed by atoms with Crippen molar-refractivity contribution >= 4 is 50.8 Å². The van der Waals surface area contributed by atoms with Crippen molar-refractivity contribution in [2.45, 2.75) is 0 Å². The quantitative estimate of drug-likeness (QED) is 0.467. The maximum absolute atomic E-state index is 11.6. The number of ether oxygens (including phenoxy) is 1. The Hall–Kier alpha value is -2.91. The lowest BCUT2D eigenvalue weighted by atomic mass is 10.2. The Bertz CT molecular complexity index is 918. The highest BCUT2D eigenvalue weighted by Crippen LogP contribution is 2.38. The summed E-state index contributed by atoms with van der Waals surface area (Å²) in [5.41, 5.74) is 5.70. The van der Waals surface area contributed by atoms with Crippen LogP contribution in [0.5, 0.6) is 0 Å². The first kappa shape index (κ1) is 18.9. The zero-order valence-electron chi connectivity index (χ0n) is 15.1. The van der Waals surface area contributed by atoms with E-state index in [1.54, 1.807) is 17.6 Å². The van der Waals surface area contributed by atoms with Crippen molar-refractivity contribution in [1.82, 2.24) is 4.98 Å². The van der Waals surface area contributed by atoms with Crippen molar-refractivity contribution in [1.29, 1.82) is 0 Å². The molecule has 9 heteroatoms. The number of benzene rings is 1. The maximum atomic E-state index is 11.6. The standard InChI is InChI=1S/C18H19N5O2S2/c1-23(2)13-8-6-12(7-9-13)11-19-22-17-20-15(14-5-4-10-26-14)16(27-17)21-18(24)25-3/h4-11H,1-3H3,(H,20,22)(H,21,24)/b19-11-. The number of nitrogens with one attached hydrogen (secondary N) is 2. The van der Waals surface area contributed by atoms with Gasteiger partial charge in [0.15, 0.2) is 0 Å². The minimum absolute atomic E-state index is 0.535. The van der Waals surface area contributed by atoms with Crippen LogP contribution in [-0.4, -0.2) is 38.5 Å². The number of thiazole rings is 1. The Kier molecular flexibility index (Phi) is 6.05. The Morgan fingerprint density at radius 2 is 2.04 bits per heavy atom. The second-order valence-corrected chi connectivity index (χ2v) is 7.59. The largest absolute Gasteiger partial charge is 0.453 e. The number of amides is 1. The predicted octanol–water partition coefficient (Wildman–Crippen LogP) is 4.56. The molecule has 0 saturated carbocycles. The van der Waals surface area contributed by atoms with Crippen LogP contribution >= 0.6 is 22.7 Å². The van der Waals surface area contributed by atoms with E-state index in [9.17, 15) is 4.79 Å². The van der Waals surface area contributed by atoms with E-state index in [0.717, 1.165) is 16.1 Å². The van der Waals surface area contributed by atoms with Crippen LogP contribution in [0.15, 0.2) is 46.9 Å². The summed E-state index contributed by atoms with van der Waals surface area (Å²) in [4.78, 5) is 19.1. The summed E-state index contributed by atoms with van der Waals surface area (Å²) in [6.07, 6.45) is 1.19. The van der Waals surface area contributed by atoms with Crippen molar-refractivity contribution in [2.24, 2.45) is 5.10 Å². The summed E-state index contributed by atoms with van der Waals surface area (Å²) in [6.45, 7) is 0. The molecule has 2 heterocycles. The van der Waals surface area contributed by atoms with Crippen LogP contribution < -0.4 is 15.6 Å². The van der Waals surface area contributed by atoms with Gasteiger partial charge in [0.2, 0.25) is 5.13 Å². The zero-order valence-corrected chi connectivity index (χ0v) is 16.7. The Labute approximate surface area is 165 Å². The summed E-state index contributed by atoms with van der Waals surface area (Å²) >= 11 is 2.84. The molecule has 0 aliphatic carbocycles. The van der Waals surface area contributed by atoms with Crippen LogP contribution in [0.4, 0.5) is 20.6 Å². The van der Waals surface area contributed by atoms with E-state index in [-0.39, 0.29) is 0 Å². The molecular formula is C18H19N5O2S2. The highest BCUT2D eigenvalue weighted by atomic mass is 32.1. The first-order valence-electron chi connectivity index (χ1n) is 8.03. The van der Waals surface area contributed by atoms with Gasteiger partial charge in [-0.05, 0) is 29.1 Å². The molecule has 0 fully saturated rings. The Morgan fingerprint density at radius 3 is 2.67 bits per heavy atom. The number of methoxy groups -OCH3 is 1. The molecule has 1 aromatic carbocycles. The summed E-state index contributed by atoms with van der Waals surface area (Å²) in [7, 11) is 5.32. The number of carbonyl (C=O) groups is 1.